The minimum absolute atomic E-state index is 0.246. The van der Waals surface area contributed by atoms with Gasteiger partial charge >= 0.3 is 0 Å². The summed E-state index contributed by atoms with van der Waals surface area (Å²) < 4.78 is 0. The molecule has 20 heavy (non-hydrogen) atoms. The van der Waals surface area contributed by atoms with Crippen LogP contribution in [0.4, 0.5) is 0 Å². The van der Waals surface area contributed by atoms with Crippen molar-refractivity contribution in [2.45, 2.75) is 51.5 Å². The molecule has 2 rings (SSSR count). The topological polar surface area (TPSA) is 20.3 Å². The first-order valence-electron chi connectivity index (χ1n) is 7.63. The number of halogens is 1. The lowest BCUT2D eigenvalue weighted by atomic mass is 9.86. The van der Waals surface area contributed by atoms with Crippen LogP contribution in [-0.4, -0.2) is 17.9 Å². The third-order valence-corrected chi connectivity index (χ3v) is 4.46. The molecule has 0 heterocycles. The minimum Gasteiger partial charge on any atom is -0.341 e. The van der Waals surface area contributed by atoms with Crippen molar-refractivity contribution in [3.05, 3.63) is 34.9 Å². The average molecular weight is 294 g/mol. The van der Waals surface area contributed by atoms with Gasteiger partial charge in [0.15, 0.2) is 0 Å². The summed E-state index contributed by atoms with van der Waals surface area (Å²) in [5.41, 5.74) is 1.09. The van der Waals surface area contributed by atoms with Crippen LogP contribution in [0.5, 0.6) is 0 Å². The summed E-state index contributed by atoms with van der Waals surface area (Å²) in [5.74, 6) is 1.02. The molecule has 110 valence electrons. The average Bonchev–Trinajstić information content (AvgIpc) is 2.46. The van der Waals surface area contributed by atoms with Gasteiger partial charge in [0.05, 0.1) is 0 Å². The number of hydrogen-bond acceptors (Lipinski definition) is 1. The lowest BCUT2D eigenvalue weighted by Crippen LogP contribution is -2.26. The summed E-state index contributed by atoms with van der Waals surface area (Å²) in [4.78, 5) is 14.0. The highest BCUT2D eigenvalue weighted by atomic mass is 35.5. The minimum atomic E-state index is 0.246. The second-order valence-corrected chi connectivity index (χ2v) is 6.36. The maximum atomic E-state index is 12.2. The molecule has 0 unspecified atom stereocenters. The SMILES string of the molecule is CN(Cc1cccc(Cl)c1)C(=O)CCC1CCCCC1. The van der Waals surface area contributed by atoms with E-state index in [1.165, 1.54) is 32.1 Å². The Bertz CT molecular complexity index is 440. The molecule has 3 heteroatoms. The van der Waals surface area contributed by atoms with Crippen molar-refractivity contribution in [3.63, 3.8) is 0 Å². The fourth-order valence-corrected chi connectivity index (χ4v) is 3.20. The second kappa shape index (κ2) is 7.68. The molecule has 1 aromatic carbocycles. The molecule has 0 N–H and O–H groups in total. The molecule has 1 aromatic rings. The molecule has 1 amide bonds. The quantitative estimate of drug-likeness (QED) is 0.773. The van der Waals surface area contributed by atoms with Crippen LogP contribution < -0.4 is 0 Å². The van der Waals surface area contributed by atoms with Gasteiger partial charge in [-0.2, -0.15) is 0 Å². The van der Waals surface area contributed by atoms with E-state index in [0.717, 1.165) is 22.9 Å². The van der Waals surface area contributed by atoms with E-state index >= 15 is 0 Å². The molecule has 0 aliphatic heterocycles. The number of nitrogens with zero attached hydrogens (tertiary/aromatic N) is 1. The molecular weight excluding hydrogens is 270 g/mol. The van der Waals surface area contributed by atoms with Crippen molar-refractivity contribution in [1.82, 2.24) is 4.90 Å². The highest BCUT2D eigenvalue weighted by Crippen LogP contribution is 2.27. The van der Waals surface area contributed by atoms with Gasteiger partial charge in [0.1, 0.15) is 0 Å². The van der Waals surface area contributed by atoms with Crippen LogP contribution in [0.25, 0.3) is 0 Å². The largest absolute Gasteiger partial charge is 0.341 e. The van der Waals surface area contributed by atoms with E-state index in [1.807, 2.05) is 36.2 Å². The van der Waals surface area contributed by atoms with E-state index in [1.54, 1.807) is 0 Å². The van der Waals surface area contributed by atoms with Crippen molar-refractivity contribution in [1.29, 1.82) is 0 Å². The fourth-order valence-electron chi connectivity index (χ4n) is 2.99. The number of amides is 1. The van der Waals surface area contributed by atoms with Gasteiger partial charge < -0.3 is 4.90 Å². The molecule has 1 aliphatic rings. The van der Waals surface area contributed by atoms with Gasteiger partial charge in [0.2, 0.25) is 5.91 Å². The van der Waals surface area contributed by atoms with Gasteiger partial charge in [-0.3, -0.25) is 4.79 Å². The molecule has 0 spiro atoms. The van der Waals surface area contributed by atoms with Crippen LogP contribution in [0.3, 0.4) is 0 Å². The third-order valence-electron chi connectivity index (χ3n) is 4.23. The number of hydrogen-bond donors (Lipinski definition) is 0. The van der Waals surface area contributed by atoms with Crippen molar-refractivity contribution in [3.8, 4) is 0 Å². The van der Waals surface area contributed by atoms with Crippen molar-refractivity contribution < 1.29 is 4.79 Å². The Morgan fingerprint density at radius 3 is 2.75 bits per heavy atom. The first kappa shape index (κ1) is 15.4. The second-order valence-electron chi connectivity index (χ2n) is 5.92. The molecular formula is C17H24ClNO. The Labute approximate surface area is 127 Å². The molecule has 0 saturated heterocycles. The number of carbonyl (C=O) groups excluding carboxylic acids is 1. The summed E-state index contributed by atoms with van der Waals surface area (Å²) in [6, 6.07) is 7.72. The lowest BCUT2D eigenvalue weighted by Gasteiger charge is -2.23. The zero-order chi connectivity index (χ0) is 14.4. The monoisotopic (exact) mass is 293 g/mol. The maximum Gasteiger partial charge on any atom is 0.222 e. The van der Waals surface area contributed by atoms with E-state index in [2.05, 4.69) is 0 Å². The Balaban J connectivity index is 1.76. The van der Waals surface area contributed by atoms with E-state index < -0.39 is 0 Å². The first-order valence-corrected chi connectivity index (χ1v) is 8.01. The van der Waals surface area contributed by atoms with Gasteiger partial charge in [-0.15, -0.1) is 0 Å². The van der Waals surface area contributed by atoms with E-state index in [4.69, 9.17) is 11.6 Å². The fraction of sp³-hybridized carbons (Fsp3) is 0.588. The summed E-state index contributed by atoms with van der Waals surface area (Å²) in [6.07, 6.45) is 8.42. The molecule has 1 aliphatic carbocycles. The van der Waals surface area contributed by atoms with Crippen LogP contribution in [-0.2, 0) is 11.3 Å². The summed E-state index contributed by atoms with van der Waals surface area (Å²) >= 11 is 5.97. The normalized spacial score (nSPS) is 16.1. The van der Waals surface area contributed by atoms with Crippen LogP contribution in [0.1, 0.15) is 50.5 Å². The van der Waals surface area contributed by atoms with Crippen molar-refractivity contribution in [2.75, 3.05) is 7.05 Å². The predicted molar refractivity (Wildman–Crippen MR) is 83.7 cm³/mol. The smallest absolute Gasteiger partial charge is 0.222 e. The standard InChI is InChI=1S/C17H24ClNO/c1-19(13-15-8-5-9-16(18)12-15)17(20)11-10-14-6-3-2-4-7-14/h5,8-9,12,14H,2-4,6-7,10-11,13H2,1H3. The Morgan fingerprint density at radius 1 is 1.30 bits per heavy atom. The maximum absolute atomic E-state index is 12.2. The Hall–Kier alpha value is -1.02. The predicted octanol–water partition coefficient (Wildman–Crippen LogP) is 4.66. The molecule has 0 aromatic heterocycles. The summed E-state index contributed by atoms with van der Waals surface area (Å²) in [7, 11) is 1.88. The van der Waals surface area contributed by atoms with Crippen molar-refractivity contribution in [2.24, 2.45) is 5.92 Å². The molecule has 2 nitrogen and oxygen atoms in total. The third kappa shape index (κ3) is 4.82. The van der Waals surface area contributed by atoms with Gasteiger partial charge in [0, 0.05) is 25.0 Å². The Morgan fingerprint density at radius 2 is 2.05 bits per heavy atom. The molecule has 1 saturated carbocycles. The van der Waals surface area contributed by atoms with E-state index in [-0.39, 0.29) is 5.91 Å². The highest BCUT2D eigenvalue weighted by Gasteiger charge is 2.16. The molecule has 0 atom stereocenters. The zero-order valence-corrected chi connectivity index (χ0v) is 13.0. The molecule has 1 fully saturated rings. The lowest BCUT2D eigenvalue weighted by molar-refractivity contribution is -0.130. The molecule has 0 bridgehead atoms. The highest BCUT2D eigenvalue weighted by molar-refractivity contribution is 6.30. The number of rotatable bonds is 5. The summed E-state index contributed by atoms with van der Waals surface area (Å²) in [6.45, 7) is 0.643. The van der Waals surface area contributed by atoms with Crippen LogP contribution in [0.2, 0.25) is 5.02 Å². The number of carbonyl (C=O) groups is 1. The summed E-state index contributed by atoms with van der Waals surface area (Å²) in [5, 5.41) is 0.727. The van der Waals surface area contributed by atoms with Gasteiger partial charge in [-0.05, 0) is 30.0 Å². The van der Waals surface area contributed by atoms with Crippen LogP contribution in [0, 0.1) is 5.92 Å². The number of benzene rings is 1. The van der Waals surface area contributed by atoms with Crippen LogP contribution in [0.15, 0.2) is 24.3 Å². The molecule has 0 radical (unpaired) electrons. The zero-order valence-electron chi connectivity index (χ0n) is 12.3. The Kier molecular flexibility index (Phi) is 5.90. The van der Waals surface area contributed by atoms with Gasteiger partial charge in [-0.1, -0.05) is 55.8 Å². The van der Waals surface area contributed by atoms with E-state index in [0.29, 0.717) is 13.0 Å². The van der Waals surface area contributed by atoms with Crippen LogP contribution >= 0.6 is 11.6 Å². The van der Waals surface area contributed by atoms with Gasteiger partial charge in [-0.25, -0.2) is 0 Å². The van der Waals surface area contributed by atoms with Crippen molar-refractivity contribution >= 4 is 17.5 Å². The van der Waals surface area contributed by atoms with Gasteiger partial charge in [0.25, 0.3) is 0 Å². The van der Waals surface area contributed by atoms with E-state index in [9.17, 15) is 4.79 Å². The first-order chi connectivity index (χ1) is 9.65.